The van der Waals surface area contributed by atoms with Crippen molar-refractivity contribution in [3.05, 3.63) is 40.8 Å². The number of amides is 1. The van der Waals surface area contributed by atoms with Gasteiger partial charge in [0.15, 0.2) is 0 Å². The second-order valence-electron chi connectivity index (χ2n) is 7.36. The van der Waals surface area contributed by atoms with Crippen LogP contribution in [-0.2, 0) is 6.61 Å². The molecule has 6 heteroatoms. The van der Waals surface area contributed by atoms with Crippen molar-refractivity contribution in [2.24, 2.45) is 11.1 Å². The first-order valence-electron chi connectivity index (χ1n) is 8.35. The van der Waals surface area contributed by atoms with Crippen LogP contribution >= 0.6 is 23.7 Å². The van der Waals surface area contributed by atoms with Crippen LogP contribution in [0.4, 0.5) is 0 Å². The number of fused-ring (bicyclic) bond motifs is 3. The molecular weight excluding hydrogens is 356 g/mol. The summed E-state index contributed by atoms with van der Waals surface area (Å²) in [5.74, 6) is 1.02. The summed E-state index contributed by atoms with van der Waals surface area (Å²) in [7, 11) is 0. The molecule has 1 unspecified atom stereocenters. The highest BCUT2D eigenvalue weighted by Crippen LogP contribution is 2.42. The zero-order valence-electron chi connectivity index (χ0n) is 14.5. The molecule has 2 N–H and O–H groups in total. The molecule has 134 valence electrons. The minimum atomic E-state index is -0.0412. The minimum Gasteiger partial charge on any atom is -0.488 e. The molecule has 0 saturated carbocycles. The van der Waals surface area contributed by atoms with E-state index in [9.17, 15) is 4.79 Å². The number of halogens is 1. The third kappa shape index (κ3) is 3.16. The fraction of sp³-hybridized carbons (Fsp3) is 0.421. The standard InChI is InChI=1S/C19H22N2O2S.ClH/c1-19(2)11-21(8-7-16(19)20)18(22)15-9-12-10-23-14-6-4-3-5-13(14)17(12)24-15;/h3-6,9,16H,7-8,10-11,20H2,1-2H3;1H. The molecule has 3 heterocycles. The molecule has 0 bridgehead atoms. The van der Waals surface area contributed by atoms with E-state index in [4.69, 9.17) is 10.5 Å². The van der Waals surface area contributed by atoms with Gasteiger partial charge in [-0.3, -0.25) is 4.79 Å². The normalized spacial score (nSPS) is 20.8. The van der Waals surface area contributed by atoms with Crippen molar-refractivity contribution in [1.82, 2.24) is 4.90 Å². The van der Waals surface area contributed by atoms with Gasteiger partial charge in [-0.2, -0.15) is 0 Å². The van der Waals surface area contributed by atoms with Crippen LogP contribution in [0.25, 0.3) is 10.4 Å². The van der Waals surface area contributed by atoms with E-state index in [1.165, 1.54) is 0 Å². The van der Waals surface area contributed by atoms with Crippen molar-refractivity contribution in [2.75, 3.05) is 13.1 Å². The first-order valence-corrected chi connectivity index (χ1v) is 9.17. The van der Waals surface area contributed by atoms with E-state index in [0.29, 0.717) is 13.2 Å². The molecule has 1 aromatic carbocycles. The predicted octanol–water partition coefficient (Wildman–Crippen LogP) is 3.93. The molecule has 4 rings (SSSR count). The highest BCUT2D eigenvalue weighted by Gasteiger charge is 2.36. The number of piperidine rings is 1. The van der Waals surface area contributed by atoms with Crippen LogP contribution < -0.4 is 10.5 Å². The fourth-order valence-electron chi connectivity index (χ4n) is 3.51. The monoisotopic (exact) mass is 378 g/mol. The molecule has 0 aliphatic carbocycles. The van der Waals surface area contributed by atoms with E-state index in [2.05, 4.69) is 19.9 Å². The number of carbonyl (C=O) groups is 1. The first-order chi connectivity index (χ1) is 11.5. The quantitative estimate of drug-likeness (QED) is 0.817. The second kappa shape index (κ2) is 6.63. The van der Waals surface area contributed by atoms with Gasteiger partial charge in [0.25, 0.3) is 5.91 Å². The molecule has 1 aromatic heterocycles. The maximum atomic E-state index is 13.0. The van der Waals surface area contributed by atoms with Crippen LogP contribution in [0.3, 0.4) is 0 Å². The van der Waals surface area contributed by atoms with E-state index in [0.717, 1.165) is 39.6 Å². The molecule has 1 saturated heterocycles. The van der Waals surface area contributed by atoms with Crippen LogP contribution in [0.2, 0.25) is 0 Å². The van der Waals surface area contributed by atoms with E-state index < -0.39 is 0 Å². The van der Waals surface area contributed by atoms with Gasteiger partial charge < -0.3 is 15.4 Å². The SMILES string of the molecule is CC1(C)CN(C(=O)c2cc3c(s2)-c2ccccc2OC3)CCC1N.Cl. The summed E-state index contributed by atoms with van der Waals surface area (Å²) < 4.78 is 5.80. The van der Waals surface area contributed by atoms with E-state index in [1.807, 2.05) is 29.2 Å². The van der Waals surface area contributed by atoms with Crippen molar-refractivity contribution in [2.45, 2.75) is 32.9 Å². The van der Waals surface area contributed by atoms with Crippen LogP contribution in [0.1, 0.15) is 35.5 Å². The van der Waals surface area contributed by atoms with E-state index in [-0.39, 0.29) is 29.8 Å². The molecule has 2 aliphatic rings. The summed E-state index contributed by atoms with van der Waals surface area (Å²) >= 11 is 1.58. The van der Waals surface area contributed by atoms with Gasteiger partial charge in [0.2, 0.25) is 0 Å². The number of likely N-dealkylation sites (tertiary alicyclic amines) is 1. The number of thiophene rings is 1. The summed E-state index contributed by atoms with van der Waals surface area (Å²) in [6, 6.07) is 10.2. The number of para-hydroxylation sites is 1. The minimum absolute atomic E-state index is 0. The Morgan fingerprint density at radius 1 is 1.36 bits per heavy atom. The Morgan fingerprint density at radius 3 is 2.88 bits per heavy atom. The lowest BCUT2D eigenvalue weighted by Gasteiger charge is -2.42. The van der Waals surface area contributed by atoms with Crippen molar-refractivity contribution in [3.8, 4) is 16.2 Å². The Morgan fingerprint density at radius 2 is 2.12 bits per heavy atom. The number of carbonyl (C=O) groups excluding carboxylic acids is 1. The number of benzene rings is 1. The maximum Gasteiger partial charge on any atom is 0.263 e. The van der Waals surface area contributed by atoms with Gasteiger partial charge in [-0.1, -0.05) is 26.0 Å². The van der Waals surface area contributed by atoms with Crippen molar-refractivity contribution < 1.29 is 9.53 Å². The zero-order chi connectivity index (χ0) is 16.9. The van der Waals surface area contributed by atoms with Gasteiger partial charge in [-0.05, 0) is 30.0 Å². The van der Waals surface area contributed by atoms with E-state index in [1.54, 1.807) is 11.3 Å². The molecule has 2 aliphatic heterocycles. The molecule has 0 radical (unpaired) electrons. The lowest BCUT2D eigenvalue weighted by atomic mass is 9.79. The smallest absolute Gasteiger partial charge is 0.263 e. The summed E-state index contributed by atoms with van der Waals surface area (Å²) in [4.78, 5) is 16.9. The lowest BCUT2D eigenvalue weighted by Crippen LogP contribution is -2.53. The van der Waals surface area contributed by atoms with Crippen molar-refractivity contribution >= 4 is 29.7 Å². The number of nitrogens with zero attached hydrogens (tertiary/aromatic N) is 1. The molecule has 0 spiro atoms. The fourth-order valence-corrected chi connectivity index (χ4v) is 4.67. The zero-order valence-corrected chi connectivity index (χ0v) is 16.1. The Hall–Kier alpha value is -1.56. The van der Waals surface area contributed by atoms with Crippen molar-refractivity contribution in [1.29, 1.82) is 0 Å². The Labute approximate surface area is 158 Å². The molecule has 4 nitrogen and oxygen atoms in total. The number of ether oxygens (including phenoxy) is 1. The summed E-state index contributed by atoms with van der Waals surface area (Å²) in [6.45, 7) is 6.26. The van der Waals surface area contributed by atoms with Crippen molar-refractivity contribution in [3.63, 3.8) is 0 Å². The third-order valence-electron chi connectivity index (χ3n) is 5.13. The number of hydrogen-bond donors (Lipinski definition) is 1. The maximum absolute atomic E-state index is 13.0. The highest BCUT2D eigenvalue weighted by molar-refractivity contribution is 7.17. The van der Waals surface area contributed by atoms with Gasteiger partial charge in [-0.15, -0.1) is 23.7 Å². The number of hydrogen-bond acceptors (Lipinski definition) is 4. The summed E-state index contributed by atoms with van der Waals surface area (Å²) in [6.07, 6.45) is 0.857. The molecular formula is C19H23ClN2O2S. The van der Waals surface area contributed by atoms with Crippen LogP contribution in [-0.4, -0.2) is 29.9 Å². The summed E-state index contributed by atoms with van der Waals surface area (Å²) in [5, 5.41) is 0. The topological polar surface area (TPSA) is 55.6 Å². The lowest BCUT2D eigenvalue weighted by molar-refractivity contribution is 0.0537. The Bertz CT molecular complexity index is 802. The largest absolute Gasteiger partial charge is 0.488 e. The predicted molar refractivity (Wildman–Crippen MR) is 104 cm³/mol. The molecule has 2 aromatic rings. The van der Waals surface area contributed by atoms with Gasteiger partial charge in [0, 0.05) is 35.1 Å². The molecule has 1 atom stereocenters. The molecule has 1 amide bonds. The second-order valence-corrected chi connectivity index (χ2v) is 8.41. The first kappa shape index (κ1) is 18.2. The van der Waals surface area contributed by atoms with Gasteiger partial charge in [-0.25, -0.2) is 0 Å². The Kier molecular flexibility index (Phi) is 4.84. The van der Waals surface area contributed by atoms with Gasteiger partial charge in [0.05, 0.1) is 4.88 Å². The van der Waals surface area contributed by atoms with E-state index >= 15 is 0 Å². The molecule has 1 fully saturated rings. The molecule has 25 heavy (non-hydrogen) atoms. The summed E-state index contributed by atoms with van der Waals surface area (Å²) in [5.41, 5.74) is 8.35. The number of rotatable bonds is 1. The number of nitrogens with two attached hydrogens (primary N) is 1. The third-order valence-corrected chi connectivity index (χ3v) is 6.33. The average Bonchev–Trinajstić information content (AvgIpc) is 3.01. The van der Waals surface area contributed by atoms with Crippen LogP contribution in [0.15, 0.2) is 30.3 Å². The van der Waals surface area contributed by atoms with Crippen LogP contribution in [0, 0.1) is 5.41 Å². The Balaban J connectivity index is 0.00000182. The average molecular weight is 379 g/mol. The highest BCUT2D eigenvalue weighted by atomic mass is 35.5. The van der Waals surface area contributed by atoms with Gasteiger partial charge in [0.1, 0.15) is 12.4 Å². The van der Waals surface area contributed by atoms with Crippen LogP contribution in [0.5, 0.6) is 5.75 Å². The van der Waals surface area contributed by atoms with Gasteiger partial charge >= 0.3 is 0 Å².